The Labute approximate surface area is 177 Å². The minimum atomic E-state index is -0.923. The fourth-order valence-electron chi connectivity index (χ4n) is 3.46. The fourth-order valence-corrected chi connectivity index (χ4v) is 3.46. The van der Waals surface area contributed by atoms with Gasteiger partial charge < -0.3 is 20.1 Å². The summed E-state index contributed by atoms with van der Waals surface area (Å²) in [5.41, 5.74) is -0.239. The number of benzene rings is 1. The molecule has 31 heavy (non-hydrogen) atoms. The van der Waals surface area contributed by atoms with Crippen molar-refractivity contribution in [2.24, 2.45) is 0 Å². The van der Waals surface area contributed by atoms with Crippen LogP contribution in [0.15, 0.2) is 47.5 Å². The number of fused-ring (bicyclic) bond motifs is 2. The van der Waals surface area contributed by atoms with Crippen LogP contribution in [0.3, 0.4) is 0 Å². The fraction of sp³-hybridized carbons (Fsp3) is 0.238. The van der Waals surface area contributed by atoms with Crippen LogP contribution in [-0.4, -0.2) is 65.5 Å². The molecule has 0 radical (unpaired) electrons. The van der Waals surface area contributed by atoms with Gasteiger partial charge in [-0.15, -0.1) is 0 Å². The SMILES string of the molecule is COCCN1CN(C)n2cc(C(=O)Nc3cnc4ccccc4c3)c(=O)c(O)c2C1=O. The number of amides is 2. The summed E-state index contributed by atoms with van der Waals surface area (Å²) in [5.74, 6) is -2.01. The molecule has 3 heterocycles. The van der Waals surface area contributed by atoms with Gasteiger partial charge in [0.15, 0.2) is 11.4 Å². The Hall–Kier alpha value is -3.92. The first-order chi connectivity index (χ1) is 14.9. The molecule has 160 valence electrons. The maximum atomic E-state index is 12.8. The molecule has 2 aromatic heterocycles. The number of aromatic nitrogens is 2. The van der Waals surface area contributed by atoms with Gasteiger partial charge in [0.25, 0.3) is 11.8 Å². The number of ether oxygens (including phenoxy) is 1. The van der Waals surface area contributed by atoms with E-state index in [0.717, 1.165) is 10.9 Å². The lowest BCUT2D eigenvalue weighted by Crippen LogP contribution is -2.53. The number of carbonyl (C=O) groups is 2. The van der Waals surface area contributed by atoms with Crippen molar-refractivity contribution in [2.75, 3.05) is 44.3 Å². The molecule has 1 aliphatic heterocycles. The van der Waals surface area contributed by atoms with Crippen molar-refractivity contribution < 1.29 is 19.4 Å². The molecular formula is C21H21N5O5. The normalized spacial score (nSPS) is 13.4. The Kier molecular flexibility index (Phi) is 5.30. The molecular weight excluding hydrogens is 402 g/mol. The smallest absolute Gasteiger partial charge is 0.277 e. The average Bonchev–Trinajstić information content (AvgIpc) is 2.76. The molecule has 0 atom stereocenters. The van der Waals surface area contributed by atoms with Gasteiger partial charge in [-0.05, 0) is 12.1 Å². The summed E-state index contributed by atoms with van der Waals surface area (Å²) >= 11 is 0. The Morgan fingerprint density at radius 3 is 2.84 bits per heavy atom. The number of para-hydroxylation sites is 1. The van der Waals surface area contributed by atoms with Crippen molar-refractivity contribution in [3.63, 3.8) is 0 Å². The second kappa shape index (κ2) is 8.07. The van der Waals surface area contributed by atoms with E-state index in [4.69, 9.17) is 4.74 Å². The van der Waals surface area contributed by atoms with Gasteiger partial charge >= 0.3 is 0 Å². The van der Waals surface area contributed by atoms with E-state index in [0.29, 0.717) is 18.8 Å². The zero-order valence-electron chi connectivity index (χ0n) is 17.0. The lowest BCUT2D eigenvalue weighted by Gasteiger charge is -2.37. The van der Waals surface area contributed by atoms with Crippen LogP contribution >= 0.6 is 0 Å². The van der Waals surface area contributed by atoms with E-state index in [-0.39, 0.29) is 17.9 Å². The van der Waals surface area contributed by atoms with E-state index in [2.05, 4.69) is 10.3 Å². The summed E-state index contributed by atoms with van der Waals surface area (Å²) in [4.78, 5) is 44.0. The predicted molar refractivity (Wildman–Crippen MR) is 114 cm³/mol. The number of aromatic hydroxyl groups is 1. The Bertz CT molecular complexity index is 1240. The minimum Gasteiger partial charge on any atom is -0.502 e. The molecule has 3 aromatic rings. The highest BCUT2D eigenvalue weighted by Gasteiger charge is 2.33. The largest absolute Gasteiger partial charge is 0.502 e. The lowest BCUT2D eigenvalue weighted by molar-refractivity contribution is 0.0629. The number of rotatable bonds is 5. The highest BCUT2D eigenvalue weighted by atomic mass is 16.5. The summed E-state index contributed by atoms with van der Waals surface area (Å²) in [6, 6.07) is 9.15. The van der Waals surface area contributed by atoms with Crippen molar-refractivity contribution >= 4 is 28.4 Å². The third kappa shape index (κ3) is 3.68. The zero-order chi connectivity index (χ0) is 22.1. The van der Waals surface area contributed by atoms with E-state index < -0.39 is 23.0 Å². The predicted octanol–water partition coefficient (Wildman–Crippen LogP) is 0.982. The van der Waals surface area contributed by atoms with Crippen LogP contribution in [0, 0.1) is 0 Å². The molecule has 0 bridgehead atoms. The third-order valence-electron chi connectivity index (χ3n) is 5.06. The number of methoxy groups -OCH3 is 1. The molecule has 10 nitrogen and oxygen atoms in total. The maximum Gasteiger partial charge on any atom is 0.277 e. The summed E-state index contributed by atoms with van der Waals surface area (Å²) in [7, 11) is 3.19. The summed E-state index contributed by atoms with van der Waals surface area (Å²) in [5, 5.41) is 15.5. The summed E-state index contributed by atoms with van der Waals surface area (Å²) < 4.78 is 6.32. The topological polar surface area (TPSA) is 117 Å². The second-order valence-electron chi connectivity index (χ2n) is 7.14. The maximum absolute atomic E-state index is 12.8. The van der Waals surface area contributed by atoms with Crippen LogP contribution in [0.2, 0.25) is 0 Å². The first-order valence-electron chi connectivity index (χ1n) is 9.55. The molecule has 0 unspecified atom stereocenters. The Morgan fingerprint density at radius 2 is 2.06 bits per heavy atom. The van der Waals surface area contributed by atoms with E-state index in [1.807, 2.05) is 24.3 Å². The Balaban J connectivity index is 1.67. The summed E-state index contributed by atoms with van der Waals surface area (Å²) in [6.45, 7) is 0.808. The van der Waals surface area contributed by atoms with Gasteiger partial charge in [0.1, 0.15) is 12.2 Å². The minimum absolute atomic E-state index is 0.196. The molecule has 4 rings (SSSR count). The monoisotopic (exact) mass is 423 g/mol. The van der Waals surface area contributed by atoms with Crippen LogP contribution in [0.5, 0.6) is 5.75 Å². The van der Waals surface area contributed by atoms with Gasteiger partial charge in [-0.1, -0.05) is 18.2 Å². The third-order valence-corrected chi connectivity index (χ3v) is 5.06. The van der Waals surface area contributed by atoms with E-state index in [1.54, 1.807) is 18.1 Å². The zero-order valence-corrected chi connectivity index (χ0v) is 17.0. The highest BCUT2D eigenvalue weighted by molar-refractivity contribution is 6.06. The molecule has 0 saturated carbocycles. The van der Waals surface area contributed by atoms with Gasteiger partial charge in [-0.2, -0.15) is 0 Å². The molecule has 2 amide bonds. The number of nitrogens with zero attached hydrogens (tertiary/aromatic N) is 4. The first-order valence-corrected chi connectivity index (χ1v) is 9.55. The van der Waals surface area contributed by atoms with Crippen LogP contribution < -0.4 is 15.8 Å². The quantitative estimate of drug-likeness (QED) is 0.628. The van der Waals surface area contributed by atoms with Crippen LogP contribution in [0.25, 0.3) is 10.9 Å². The van der Waals surface area contributed by atoms with Crippen molar-refractivity contribution in [1.82, 2.24) is 14.6 Å². The van der Waals surface area contributed by atoms with Crippen LogP contribution in [0.1, 0.15) is 20.8 Å². The summed E-state index contributed by atoms with van der Waals surface area (Å²) in [6.07, 6.45) is 2.74. The molecule has 1 aliphatic rings. The Morgan fingerprint density at radius 1 is 1.29 bits per heavy atom. The van der Waals surface area contributed by atoms with Crippen LogP contribution in [0.4, 0.5) is 5.69 Å². The lowest BCUT2D eigenvalue weighted by atomic mass is 10.1. The number of pyridine rings is 2. The van der Waals surface area contributed by atoms with Crippen molar-refractivity contribution in [3.05, 3.63) is 64.2 Å². The van der Waals surface area contributed by atoms with Crippen LogP contribution in [-0.2, 0) is 4.74 Å². The molecule has 0 fully saturated rings. The van der Waals surface area contributed by atoms with Gasteiger partial charge in [0, 0.05) is 32.3 Å². The second-order valence-corrected chi connectivity index (χ2v) is 7.14. The number of hydrogen-bond donors (Lipinski definition) is 2. The van der Waals surface area contributed by atoms with Crippen molar-refractivity contribution in [3.8, 4) is 5.75 Å². The van der Waals surface area contributed by atoms with Gasteiger partial charge in [-0.3, -0.25) is 29.1 Å². The first kappa shape index (κ1) is 20.4. The highest BCUT2D eigenvalue weighted by Crippen LogP contribution is 2.21. The van der Waals surface area contributed by atoms with Gasteiger partial charge in [-0.25, -0.2) is 0 Å². The van der Waals surface area contributed by atoms with E-state index in [1.165, 1.54) is 29.1 Å². The van der Waals surface area contributed by atoms with Gasteiger partial charge in [0.05, 0.1) is 24.0 Å². The standard InChI is InChI=1S/C21H21N5O5/c1-24-12-25(7-8-31-2)21(30)17-19(28)18(27)15(11-26(17)24)20(29)23-14-9-13-5-3-4-6-16(13)22-10-14/h3-6,9-11,28H,7-8,12H2,1-2H3,(H,23,29). The molecule has 0 spiro atoms. The van der Waals surface area contributed by atoms with Gasteiger partial charge in [0.2, 0.25) is 5.43 Å². The van der Waals surface area contributed by atoms with E-state index in [9.17, 15) is 19.5 Å². The molecule has 1 aromatic carbocycles. The number of anilines is 1. The number of nitrogens with one attached hydrogen (secondary N) is 1. The molecule has 10 heteroatoms. The molecule has 2 N–H and O–H groups in total. The number of carbonyl (C=O) groups excluding carboxylic acids is 2. The molecule has 0 aliphatic carbocycles. The molecule has 0 saturated heterocycles. The number of hydrogen-bond acceptors (Lipinski definition) is 7. The average molecular weight is 423 g/mol. The van der Waals surface area contributed by atoms with E-state index >= 15 is 0 Å². The van der Waals surface area contributed by atoms with Crippen molar-refractivity contribution in [1.29, 1.82) is 0 Å². The van der Waals surface area contributed by atoms with Crippen molar-refractivity contribution in [2.45, 2.75) is 0 Å².